The Hall–Kier alpha value is -3.07. The maximum atomic E-state index is 12.7. The molecule has 1 fully saturated rings. The lowest BCUT2D eigenvalue weighted by Gasteiger charge is -2.31. The van der Waals surface area contributed by atoms with Gasteiger partial charge in [-0.1, -0.05) is 48.7 Å². The first-order valence-corrected chi connectivity index (χ1v) is 14.3. The zero-order valence-electron chi connectivity index (χ0n) is 20.4. The number of likely N-dealkylation sites (tertiary alicyclic amines) is 1. The number of benzene rings is 3. The molecule has 1 aliphatic heterocycles. The average molecular weight is 522 g/mol. The Morgan fingerprint density at radius 3 is 2.36 bits per heavy atom. The van der Waals surface area contributed by atoms with Crippen LogP contribution < -0.4 is 10.5 Å². The summed E-state index contributed by atoms with van der Waals surface area (Å²) < 4.78 is 22.8. The van der Waals surface area contributed by atoms with Crippen LogP contribution in [0.4, 0.5) is 0 Å². The minimum Gasteiger partial charge on any atom is -0.371 e. The summed E-state index contributed by atoms with van der Waals surface area (Å²) in [5.74, 6) is -0.191. The third kappa shape index (κ3) is 6.37. The van der Waals surface area contributed by atoms with Crippen molar-refractivity contribution in [2.45, 2.75) is 47.4 Å². The van der Waals surface area contributed by atoms with Gasteiger partial charge in [0.2, 0.25) is 10.0 Å². The van der Waals surface area contributed by atoms with Gasteiger partial charge < -0.3 is 10.2 Å². The number of amides is 1. The van der Waals surface area contributed by atoms with Crippen LogP contribution in [-0.4, -0.2) is 32.3 Å². The fourth-order valence-corrected chi connectivity index (χ4v) is 5.78. The summed E-state index contributed by atoms with van der Waals surface area (Å²) >= 11 is 1.69. The highest BCUT2D eigenvalue weighted by molar-refractivity contribution is 7.99. The number of aryl methyl sites for hydroxylation is 1. The van der Waals surface area contributed by atoms with E-state index < -0.39 is 10.0 Å². The largest absolute Gasteiger partial charge is 0.371 e. The minimum absolute atomic E-state index is 0.0439. The second-order valence-electron chi connectivity index (χ2n) is 8.94. The molecule has 4 rings (SSSR count). The highest BCUT2D eigenvalue weighted by Crippen LogP contribution is 2.36. The van der Waals surface area contributed by atoms with Crippen LogP contribution in [0.25, 0.3) is 5.70 Å². The number of primary sulfonamides is 1. The molecule has 0 atom stereocenters. The molecule has 6 nitrogen and oxygen atoms in total. The van der Waals surface area contributed by atoms with Crippen LogP contribution in [0.1, 0.15) is 46.3 Å². The van der Waals surface area contributed by atoms with E-state index in [0.717, 1.165) is 45.3 Å². The fourth-order valence-electron chi connectivity index (χ4n) is 4.23. The van der Waals surface area contributed by atoms with Gasteiger partial charge in [0, 0.05) is 46.2 Å². The zero-order chi connectivity index (χ0) is 25.7. The maximum absolute atomic E-state index is 12.7. The molecule has 0 aliphatic carbocycles. The van der Waals surface area contributed by atoms with Crippen LogP contribution in [0.15, 0.2) is 88.0 Å². The molecule has 8 heteroatoms. The molecule has 36 heavy (non-hydrogen) atoms. The van der Waals surface area contributed by atoms with E-state index in [4.69, 9.17) is 5.14 Å². The van der Waals surface area contributed by atoms with E-state index >= 15 is 0 Å². The molecule has 0 unspecified atom stereocenters. The third-order valence-corrected chi connectivity index (χ3v) is 8.48. The lowest BCUT2D eigenvalue weighted by Crippen LogP contribution is -2.27. The van der Waals surface area contributed by atoms with Gasteiger partial charge in [-0.3, -0.25) is 4.79 Å². The molecule has 0 saturated carbocycles. The van der Waals surface area contributed by atoms with Crippen LogP contribution in [-0.2, 0) is 16.6 Å². The van der Waals surface area contributed by atoms with Crippen molar-refractivity contribution in [2.24, 2.45) is 5.14 Å². The van der Waals surface area contributed by atoms with Gasteiger partial charge in [0.15, 0.2) is 0 Å². The highest BCUT2D eigenvalue weighted by Gasteiger charge is 2.17. The molecule has 1 amide bonds. The van der Waals surface area contributed by atoms with Crippen molar-refractivity contribution in [2.75, 3.05) is 13.1 Å². The predicted molar refractivity (Wildman–Crippen MR) is 145 cm³/mol. The zero-order valence-corrected chi connectivity index (χ0v) is 22.0. The molecule has 1 saturated heterocycles. The smallest absolute Gasteiger partial charge is 0.251 e. The van der Waals surface area contributed by atoms with E-state index in [0.29, 0.717) is 5.56 Å². The van der Waals surface area contributed by atoms with Gasteiger partial charge in [-0.2, -0.15) is 0 Å². The van der Waals surface area contributed by atoms with Crippen molar-refractivity contribution in [3.8, 4) is 0 Å². The fraction of sp³-hybridized carbons (Fsp3) is 0.250. The van der Waals surface area contributed by atoms with Gasteiger partial charge in [0.05, 0.1) is 4.90 Å². The lowest BCUT2D eigenvalue weighted by atomic mass is 10.1. The van der Waals surface area contributed by atoms with Crippen LogP contribution in [0.5, 0.6) is 0 Å². The van der Waals surface area contributed by atoms with Crippen LogP contribution in [0.3, 0.4) is 0 Å². The summed E-state index contributed by atoms with van der Waals surface area (Å²) in [6.45, 7) is 8.79. The predicted octanol–water partition coefficient (Wildman–Crippen LogP) is 5.18. The summed E-state index contributed by atoms with van der Waals surface area (Å²) in [4.78, 5) is 17.4. The second kappa shape index (κ2) is 11.3. The first-order valence-electron chi connectivity index (χ1n) is 11.9. The Kier molecular flexibility index (Phi) is 8.18. The van der Waals surface area contributed by atoms with Crippen molar-refractivity contribution >= 4 is 33.4 Å². The van der Waals surface area contributed by atoms with E-state index in [1.807, 2.05) is 31.2 Å². The molecular formula is C28H31N3O3S2. The van der Waals surface area contributed by atoms with Crippen LogP contribution in [0.2, 0.25) is 0 Å². The Balaban J connectivity index is 1.42. The van der Waals surface area contributed by atoms with Gasteiger partial charge in [0.1, 0.15) is 0 Å². The number of carbonyl (C=O) groups is 1. The number of hydrogen-bond donors (Lipinski definition) is 2. The average Bonchev–Trinajstić information content (AvgIpc) is 2.88. The molecule has 0 spiro atoms. The number of nitrogens with two attached hydrogens (primary N) is 1. The Labute approximate surface area is 217 Å². The number of sulfonamides is 1. The Morgan fingerprint density at radius 2 is 1.69 bits per heavy atom. The van der Waals surface area contributed by atoms with E-state index in [9.17, 15) is 13.2 Å². The summed E-state index contributed by atoms with van der Waals surface area (Å²) in [5, 5.41) is 8.02. The van der Waals surface area contributed by atoms with E-state index in [1.54, 1.807) is 23.9 Å². The Morgan fingerprint density at radius 1 is 1.00 bits per heavy atom. The van der Waals surface area contributed by atoms with Crippen molar-refractivity contribution < 1.29 is 13.2 Å². The summed E-state index contributed by atoms with van der Waals surface area (Å²) in [6.07, 6.45) is 3.69. The highest BCUT2D eigenvalue weighted by atomic mass is 32.2. The molecule has 188 valence electrons. The molecule has 0 radical (unpaired) electrons. The topological polar surface area (TPSA) is 92.5 Å². The van der Waals surface area contributed by atoms with Gasteiger partial charge in [0.25, 0.3) is 5.91 Å². The number of rotatable bonds is 8. The van der Waals surface area contributed by atoms with Gasteiger partial charge in [-0.15, -0.1) is 0 Å². The molecule has 0 aromatic heterocycles. The molecule has 3 aromatic rings. The van der Waals surface area contributed by atoms with E-state index in [-0.39, 0.29) is 17.3 Å². The molecule has 1 aliphatic rings. The number of nitrogens with one attached hydrogen (secondary N) is 1. The molecule has 3 N–H and O–H groups in total. The van der Waals surface area contributed by atoms with Crippen molar-refractivity contribution in [1.82, 2.24) is 10.2 Å². The van der Waals surface area contributed by atoms with Crippen molar-refractivity contribution in [3.63, 3.8) is 0 Å². The van der Waals surface area contributed by atoms with E-state index in [1.165, 1.54) is 31.4 Å². The molecule has 1 heterocycles. The number of hydrogen-bond acceptors (Lipinski definition) is 5. The van der Waals surface area contributed by atoms with Crippen molar-refractivity contribution in [1.29, 1.82) is 0 Å². The Bertz CT molecular complexity index is 1360. The van der Waals surface area contributed by atoms with Crippen LogP contribution >= 0.6 is 11.8 Å². The lowest BCUT2D eigenvalue weighted by molar-refractivity contribution is 0.0950. The van der Waals surface area contributed by atoms with Gasteiger partial charge >= 0.3 is 0 Å². The SMILES string of the molecule is C=C(c1ccccc1Sc1ccc(C(=O)NCc2ccc(S(N)(=O)=O)cc2)cc1C)N1CCCCC1. The van der Waals surface area contributed by atoms with Crippen LogP contribution in [0, 0.1) is 6.92 Å². The molecule has 0 bridgehead atoms. The maximum Gasteiger partial charge on any atom is 0.251 e. The minimum atomic E-state index is -3.74. The standard InChI is InChI=1S/C28H31N3O3S2/c1-20-18-23(28(32)30-19-22-10-13-24(14-11-22)36(29,33)34)12-15-26(20)35-27-9-5-4-8-25(27)21(2)31-16-6-3-7-17-31/h4-5,8-15,18H,2-3,6-7,16-17,19H2,1H3,(H,30,32)(H2,29,33,34). The quantitative estimate of drug-likeness (QED) is 0.426. The monoisotopic (exact) mass is 521 g/mol. The first kappa shape index (κ1) is 26.0. The number of piperidine rings is 1. The second-order valence-corrected chi connectivity index (χ2v) is 11.6. The third-order valence-electron chi connectivity index (χ3n) is 6.30. The number of carbonyl (C=O) groups excluding carboxylic acids is 1. The number of nitrogens with zero attached hydrogens (tertiary/aromatic N) is 1. The van der Waals surface area contributed by atoms with Gasteiger partial charge in [-0.05, 0) is 73.7 Å². The molecule has 3 aromatic carbocycles. The van der Waals surface area contributed by atoms with Crippen molar-refractivity contribution in [3.05, 3.63) is 95.6 Å². The normalized spacial score (nSPS) is 13.9. The summed E-state index contributed by atoms with van der Waals surface area (Å²) in [6, 6.07) is 20.2. The first-order chi connectivity index (χ1) is 17.2. The van der Waals surface area contributed by atoms with E-state index in [2.05, 4.69) is 35.0 Å². The summed E-state index contributed by atoms with van der Waals surface area (Å²) in [5.41, 5.74) is 4.60. The summed E-state index contributed by atoms with van der Waals surface area (Å²) in [7, 11) is -3.74. The van der Waals surface area contributed by atoms with Gasteiger partial charge in [-0.25, -0.2) is 13.6 Å². The molecular weight excluding hydrogens is 490 g/mol.